The van der Waals surface area contributed by atoms with Gasteiger partial charge >= 0.3 is 0 Å². The van der Waals surface area contributed by atoms with Crippen molar-refractivity contribution < 1.29 is 19.1 Å². The van der Waals surface area contributed by atoms with E-state index in [1.807, 2.05) is 35.2 Å². The lowest BCUT2D eigenvalue weighted by molar-refractivity contribution is -0.138. The molecule has 2 fully saturated rings. The molecule has 2 heterocycles. The Bertz CT molecular complexity index is 679. The van der Waals surface area contributed by atoms with Crippen molar-refractivity contribution in [1.29, 1.82) is 0 Å². The summed E-state index contributed by atoms with van der Waals surface area (Å²) in [6.45, 7) is 3.42. The van der Waals surface area contributed by atoms with Crippen LogP contribution in [0.25, 0.3) is 0 Å². The van der Waals surface area contributed by atoms with Crippen LogP contribution in [0.2, 0.25) is 0 Å². The van der Waals surface area contributed by atoms with Gasteiger partial charge in [-0.05, 0) is 31.4 Å². The largest absolute Gasteiger partial charge is 0.492 e. The van der Waals surface area contributed by atoms with E-state index in [1.54, 1.807) is 4.90 Å². The van der Waals surface area contributed by atoms with E-state index in [4.69, 9.17) is 4.74 Å². The number of hydrogen-bond acceptors (Lipinski definition) is 4. The number of para-hydroxylation sites is 1. The molecule has 1 aromatic rings. The van der Waals surface area contributed by atoms with Crippen LogP contribution in [0.1, 0.15) is 32.1 Å². The molecule has 2 aliphatic rings. The molecule has 2 saturated heterocycles. The third-order valence-corrected chi connectivity index (χ3v) is 5.31. The zero-order valence-corrected chi connectivity index (χ0v) is 16.3. The highest BCUT2D eigenvalue weighted by Crippen LogP contribution is 2.18. The van der Waals surface area contributed by atoms with Crippen molar-refractivity contribution in [2.24, 2.45) is 5.92 Å². The minimum Gasteiger partial charge on any atom is -0.492 e. The number of nitrogens with zero attached hydrogens (tertiary/aromatic N) is 2. The molecule has 152 valence electrons. The minimum atomic E-state index is -0.178. The number of benzene rings is 1. The number of ether oxygens (including phenoxy) is 1. The third kappa shape index (κ3) is 5.71. The number of likely N-dealkylation sites (tertiary alicyclic amines) is 2. The summed E-state index contributed by atoms with van der Waals surface area (Å²) in [7, 11) is 0. The molecule has 0 saturated carbocycles. The molecule has 7 heteroatoms. The lowest BCUT2D eigenvalue weighted by Gasteiger charge is -2.32. The first kappa shape index (κ1) is 20.2. The van der Waals surface area contributed by atoms with Crippen molar-refractivity contribution in [2.45, 2.75) is 32.1 Å². The summed E-state index contributed by atoms with van der Waals surface area (Å²) in [5.74, 6) is 0.888. The molecule has 1 atom stereocenters. The number of piperidine rings is 1. The van der Waals surface area contributed by atoms with E-state index in [1.165, 1.54) is 0 Å². The fraction of sp³-hybridized carbons (Fsp3) is 0.571. The first-order valence-electron chi connectivity index (χ1n) is 10.1. The lowest BCUT2D eigenvalue weighted by Crippen LogP contribution is -2.47. The molecule has 3 rings (SSSR count). The normalized spacial score (nSPS) is 19.8. The topological polar surface area (TPSA) is 79.0 Å². The number of carbonyl (C=O) groups is 3. The molecule has 3 amide bonds. The van der Waals surface area contributed by atoms with Crippen LogP contribution >= 0.6 is 0 Å². The van der Waals surface area contributed by atoms with E-state index in [-0.39, 0.29) is 23.6 Å². The van der Waals surface area contributed by atoms with Gasteiger partial charge in [-0.25, -0.2) is 0 Å². The highest BCUT2D eigenvalue weighted by Gasteiger charge is 2.30. The van der Waals surface area contributed by atoms with E-state index < -0.39 is 0 Å². The highest BCUT2D eigenvalue weighted by molar-refractivity contribution is 5.83. The van der Waals surface area contributed by atoms with Gasteiger partial charge in [-0.3, -0.25) is 14.4 Å². The Kier molecular flexibility index (Phi) is 7.28. The van der Waals surface area contributed by atoms with Gasteiger partial charge < -0.3 is 19.9 Å². The molecule has 28 heavy (non-hydrogen) atoms. The van der Waals surface area contributed by atoms with E-state index in [9.17, 15) is 14.4 Å². The molecule has 0 aliphatic carbocycles. The predicted octanol–water partition coefficient (Wildman–Crippen LogP) is 1.43. The Balaban J connectivity index is 1.36. The summed E-state index contributed by atoms with van der Waals surface area (Å²) in [4.78, 5) is 39.9. The van der Waals surface area contributed by atoms with Crippen molar-refractivity contribution in [1.82, 2.24) is 15.1 Å². The minimum absolute atomic E-state index is 0.0242. The fourth-order valence-electron chi connectivity index (χ4n) is 3.74. The molecular weight excluding hydrogens is 358 g/mol. The van der Waals surface area contributed by atoms with Gasteiger partial charge in [-0.2, -0.15) is 0 Å². The van der Waals surface area contributed by atoms with Crippen LogP contribution in [0, 0.1) is 5.92 Å². The Morgan fingerprint density at radius 1 is 1.07 bits per heavy atom. The van der Waals surface area contributed by atoms with Gasteiger partial charge in [-0.15, -0.1) is 0 Å². The van der Waals surface area contributed by atoms with E-state index in [2.05, 4.69) is 5.32 Å². The molecule has 7 nitrogen and oxygen atoms in total. The molecule has 0 aromatic heterocycles. The third-order valence-electron chi connectivity index (χ3n) is 5.31. The van der Waals surface area contributed by atoms with Crippen molar-refractivity contribution >= 4 is 17.7 Å². The molecule has 0 radical (unpaired) electrons. The summed E-state index contributed by atoms with van der Waals surface area (Å²) in [5.41, 5.74) is 0. The van der Waals surface area contributed by atoms with Crippen LogP contribution < -0.4 is 10.1 Å². The monoisotopic (exact) mass is 387 g/mol. The fourth-order valence-corrected chi connectivity index (χ4v) is 3.74. The number of nitrogens with one attached hydrogen (secondary N) is 1. The number of carbonyl (C=O) groups excluding carboxylic acids is 3. The zero-order valence-electron chi connectivity index (χ0n) is 16.3. The van der Waals surface area contributed by atoms with Gasteiger partial charge in [-0.1, -0.05) is 18.2 Å². The molecule has 0 spiro atoms. The summed E-state index contributed by atoms with van der Waals surface area (Å²) in [5, 5.41) is 2.91. The van der Waals surface area contributed by atoms with Crippen LogP contribution in [0.15, 0.2) is 30.3 Å². The Labute approximate surface area is 166 Å². The van der Waals surface area contributed by atoms with Gasteiger partial charge in [0.15, 0.2) is 0 Å². The first-order valence-corrected chi connectivity index (χ1v) is 10.1. The van der Waals surface area contributed by atoms with Crippen LogP contribution in [0.3, 0.4) is 0 Å². The van der Waals surface area contributed by atoms with Gasteiger partial charge in [0.2, 0.25) is 17.7 Å². The van der Waals surface area contributed by atoms with Crippen molar-refractivity contribution in [3.05, 3.63) is 30.3 Å². The maximum absolute atomic E-state index is 12.4. The average molecular weight is 387 g/mol. The lowest BCUT2D eigenvalue weighted by atomic mass is 9.96. The SMILES string of the molecule is O=C(NCCOc1ccccc1)[C@H]1CCC(=O)N(CCCN2CCCC2=O)C1. The number of hydrogen-bond donors (Lipinski definition) is 1. The highest BCUT2D eigenvalue weighted by atomic mass is 16.5. The van der Waals surface area contributed by atoms with Gasteiger partial charge in [0.1, 0.15) is 12.4 Å². The summed E-state index contributed by atoms with van der Waals surface area (Å²) >= 11 is 0. The molecular formula is C21H29N3O4. The maximum Gasteiger partial charge on any atom is 0.225 e. The molecule has 0 bridgehead atoms. The second kappa shape index (κ2) is 10.1. The second-order valence-corrected chi connectivity index (χ2v) is 7.37. The predicted molar refractivity (Wildman–Crippen MR) is 105 cm³/mol. The molecule has 1 N–H and O–H groups in total. The molecule has 1 aromatic carbocycles. The zero-order chi connectivity index (χ0) is 19.8. The standard InChI is InChI=1S/C21H29N3O4/c25-19-8-4-12-23(19)13-5-14-24-16-17(9-10-20(24)26)21(27)22-11-15-28-18-6-2-1-3-7-18/h1-3,6-7,17H,4-5,8-16H2,(H,22,27)/t17-/m0/s1. The second-order valence-electron chi connectivity index (χ2n) is 7.37. The van der Waals surface area contributed by atoms with E-state index in [0.29, 0.717) is 52.0 Å². The number of rotatable bonds is 9. The smallest absolute Gasteiger partial charge is 0.225 e. The maximum atomic E-state index is 12.4. The average Bonchev–Trinajstić information content (AvgIpc) is 3.12. The Hall–Kier alpha value is -2.57. The van der Waals surface area contributed by atoms with Gasteiger partial charge in [0.25, 0.3) is 0 Å². The van der Waals surface area contributed by atoms with Crippen LogP contribution in [0.4, 0.5) is 0 Å². The van der Waals surface area contributed by atoms with Crippen molar-refractivity contribution in [3.63, 3.8) is 0 Å². The summed E-state index contributed by atoms with van der Waals surface area (Å²) < 4.78 is 5.58. The Morgan fingerprint density at radius 3 is 2.57 bits per heavy atom. The van der Waals surface area contributed by atoms with Crippen LogP contribution in [0.5, 0.6) is 5.75 Å². The van der Waals surface area contributed by atoms with Crippen LogP contribution in [-0.4, -0.2) is 66.9 Å². The van der Waals surface area contributed by atoms with Gasteiger partial charge in [0.05, 0.1) is 12.5 Å². The van der Waals surface area contributed by atoms with Crippen molar-refractivity contribution in [3.8, 4) is 5.75 Å². The van der Waals surface area contributed by atoms with Crippen molar-refractivity contribution in [2.75, 3.05) is 39.3 Å². The van der Waals surface area contributed by atoms with Crippen LogP contribution in [-0.2, 0) is 14.4 Å². The van der Waals surface area contributed by atoms with Gasteiger partial charge in [0, 0.05) is 39.0 Å². The Morgan fingerprint density at radius 2 is 1.82 bits per heavy atom. The molecule has 0 unspecified atom stereocenters. The van der Waals surface area contributed by atoms with E-state index in [0.717, 1.165) is 25.1 Å². The van der Waals surface area contributed by atoms with E-state index >= 15 is 0 Å². The quantitative estimate of drug-likeness (QED) is 0.650. The number of amides is 3. The first-order chi connectivity index (χ1) is 13.6. The molecule has 2 aliphatic heterocycles. The summed E-state index contributed by atoms with van der Waals surface area (Å²) in [6.07, 6.45) is 3.32. The summed E-state index contributed by atoms with van der Waals surface area (Å²) in [6, 6.07) is 9.49.